The molecular weight excluding hydrogens is 596 g/mol. The summed E-state index contributed by atoms with van der Waals surface area (Å²) in [6.45, 7) is 2.43. The molecule has 2 atom stereocenters. The Labute approximate surface area is 270 Å². The van der Waals surface area contributed by atoms with Crippen molar-refractivity contribution in [1.82, 2.24) is 0 Å². The van der Waals surface area contributed by atoms with Crippen LogP contribution in [0.15, 0.2) is 82.8 Å². The van der Waals surface area contributed by atoms with Gasteiger partial charge in [-0.2, -0.15) is 0 Å². The van der Waals surface area contributed by atoms with Gasteiger partial charge in [-0.1, -0.05) is 36.4 Å². The average molecular weight is 627 g/mol. The van der Waals surface area contributed by atoms with Crippen LogP contribution >= 0.6 is 0 Å². The fraction of sp³-hybridized carbons (Fsp3) is 0.243. The van der Waals surface area contributed by atoms with Gasteiger partial charge in [0.25, 0.3) is 11.8 Å². The highest BCUT2D eigenvalue weighted by atomic mass is 16.7. The molecule has 5 heterocycles. The minimum Gasteiger partial charge on any atom is -0.489 e. The van der Waals surface area contributed by atoms with Gasteiger partial charge in [-0.25, -0.2) is 0 Å². The molecule has 5 aliphatic rings. The quantitative estimate of drug-likeness (QED) is 0.230. The van der Waals surface area contributed by atoms with E-state index in [-0.39, 0.29) is 23.9 Å². The maximum Gasteiger partial charge on any atom is 0.261 e. The first-order chi connectivity index (χ1) is 23.0. The van der Waals surface area contributed by atoms with Crippen LogP contribution in [0.4, 0.5) is 22.7 Å². The molecular formula is C37H30N4O6. The zero-order valence-electron chi connectivity index (χ0n) is 25.6. The molecule has 0 fully saturated rings. The van der Waals surface area contributed by atoms with Crippen LogP contribution in [0.5, 0.6) is 23.0 Å². The minimum absolute atomic E-state index is 0.152. The van der Waals surface area contributed by atoms with E-state index in [1.807, 2.05) is 61.0 Å². The molecule has 2 amide bonds. The van der Waals surface area contributed by atoms with Crippen molar-refractivity contribution in [2.75, 3.05) is 23.0 Å². The number of anilines is 2. The monoisotopic (exact) mass is 626 g/mol. The van der Waals surface area contributed by atoms with E-state index in [0.29, 0.717) is 78.0 Å². The number of aliphatic imine (C=N–C) groups is 2. The Kier molecular flexibility index (Phi) is 6.31. The van der Waals surface area contributed by atoms with E-state index in [9.17, 15) is 9.59 Å². The van der Waals surface area contributed by atoms with Gasteiger partial charge in [-0.15, -0.1) is 0 Å². The molecule has 4 aromatic rings. The lowest BCUT2D eigenvalue weighted by Gasteiger charge is -2.25. The number of para-hydroxylation sites is 2. The van der Waals surface area contributed by atoms with Gasteiger partial charge >= 0.3 is 0 Å². The van der Waals surface area contributed by atoms with Crippen molar-refractivity contribution in [2.45, 2.75) is 44.6 Å². The van der Waals surface area contributed by atoms with Crippen LogP contribution < -0.4 is 28.7 Å². The third-order valence-electron chi connectivity index (χ3n) is 9.21. The minimum atomic E-state index is -0.843. The van der Waals surface area contributed by atoms with Crippen molar-refractivity contribution < 1.29 is 28.5 Å². The molecule has 0 radical (unpaired) electrons. The van der Waals surface area contributed by atoms with Crippen LogP contribution in [0.1, 0.15) is 45.2 Å². The molecule has 0 aromatic heterocycles. The molecule has 0 unspecified atom stereocenters. The van der Waals surface area contributed by atoms with Gasteiger partial charge in [-0.05, 0) is 35.4 Å². The largest absolute Gasteiger partial charge is 0.489 e. The fourth-order valence-corrected chi connectivity index (χ4v) is 7.05. The van der Waals surface area contributed by atoms with E-state index >= 15 is 0 Å². The Balaban J connectivity index is 1.05. The number of rotatable bonds is 0. The molecule has 5 aliphatic heterocycles. The third kappa shape index (κ3) is 4.54. The van der Waals surface area contributed by atoms with E-state index in [1.54, 1.807) is 41.0 Å². The third-order valence-corrected chi connectivity index (χ3v) is 9.21. The van der Waals surface area contributed by atoms with Gasteiger partial charge in [0.05, 0.1) is 47.8 Å². The molecule has 10 heteroatoms. The highest BCUT2D eigenvalue weighted by Gasteiger charge is 2.38. The van der Waals surface area contributed by atoms with Crippen molar-refractivity contribution in [3.8, 4) is 23.0 Å². The Morgan fingerprint density at radius 1 is 0.638 bits per heavy atom. The number of benzene rings is 4. The van der Waals surface area contributed by atoms with Crippen LogP contribution in [0.25, 0.3) is 0 Å². The van der Waals surface area contributed by atoms with Crippen LogP contribution in [-0.4, -0.2) is 55.8 Å². The lowest BCUT2D eigenvalue weighted by molar-refractivity contribution is 0.0159. The zero-order valence-corrected chi connectivity index (χ0v) is 25.6. The van der Waals surface area contributed by atoms with Gasteiger partial charge in [-0.3, -0.25) is 29.4 Å². The van der Waals surface area contributed by atoms with Crippen LogP contribution in [0.3, 0.4) is 0 Å². The summed E-state index contributed by atoms with van der Waals surface area (Å²) < 4.78 is 24.9. The lowest BCUT2D eigenvalue weighted by atomic mass is 10.1. The summed E-state index contributed by atoms with van der Waals surface area (Å²) in [6, 6.07) is 22.4. The molecule has 10 nitrogen and oxygen atoms in total. The lowest BCUT2D eigenvalue weighted by Crippen LogP contribution is -2.37. The van der Waals surface area contributed by atoms with Gasteiger partial charge in [0.15, 0.2) is 23.0 Å². The van der Waals surface area contributed by atoms with Crippen molar-refractivity contribution in [3.05, 3.63) is 95.1 Å². The summed E-state index contributed by atoms with van der Waals surface area (Å²) in [5.41, 5.74) is 5.89. The second-order valence-corrected chi connectivity index (χ2v) is 12.2. The Bertz CT molecular complexity index is 1900. The van der Waals surface area contributed by atoms with Crippen LogP contribution in [0.2, 0.25) is 0 Å². The molecule has 0 aliphatic carbocycles. The number of amides is 2. The normalized spacial score (nSPS) is 20.9. The molecule has 4 aromatic carbocycles. The number of nitrogens with zero attached hydrogens (tertiary/aromatic N) is 4. The molecule has 9 rings (SSSR count). The molecule has 234 valence electrons. The van der Waals surface area contributed by atoms with Gasteiger partial charge < -0.3 is 18.9 Å². The highest BCUT2D eigenvalue weighted by molar-refractivity contribution is 6.15. The predicted octanol–water partition coefficient (Wildman–Crippen LogP) is 6.23. The van der Waals surface area contributed by atoms with Crippen molar-refractivity contribution in [3.63, 3.8) is 0 Å². The predicted molar refractivity (Wildman–Crippen MR) is 177 cm³/mol. The summed E-state index contributed by atoms with van der Waals surface area (Å²) in [6.07, 6.45) is 4.80. The second-order valence-electron chi connectivity index (χ2n) is 12.2. The number of hydrogen-bond acceptors (Lipinski definition) is 8. The summed E-state index contributed by atoms with van der Waals surface area (Å²) in [7, 11) is 0. The topological polar surface area (TPSA) is 102 Å². The van der Waals surface area contributed by atoms with Gasteiger partial charge in [0, 0.05) is 62.1 Å². The standard InChI is InChI=1S/C37H30N4O6/c1-21-46-34-15-26-28(38-19-24-13-22-7-2-4-9-30(22)40(24)36(26)42)17-32(34)44-11-6-12-45-33-18-29-27(16-35(33)47-21)37(43)41-25(20-39-29)14-23-8-3-5-10-31(23)41/h2-5,7-10,15-21,24-25H,6,11-14H2,1H3/t24-,25-/m0/s1. The van der Waals surface area contributed by atoms with E-state index in [1.165, 1.54) is 0 Å². The highest BCUT2D eigenvalue weighted by Crippen LogP contribution is 2.44. The van der Waals surface area contributed by atoms with Crippen molar-refractivity contribution in [1.29, 1.82) is 0 Å². The van der Waals surface area contributed by atoms with Crippen molar-refractivity contribution in [2.24, 2.45) is 9.98 Å². The maximum atomic E-state index is 14.0. The molecule has 0 saturated heterocycles. The number of hydrogen-bond donors (Lipinski definition) is 0. The number of fused-ring (bicyclic) bond motifs is 10. The molecule has 0 spiro atoms. The zero-order chi connectivity index (χ0) is 31.6. The van der Waals surface area contributed by atoms with Crippen LogP contribution in [0, 0.1) is 0 Å². The van der Waals surface area contributed by atoms with E-state index < -0.39 is 6.29 Å². The first kappa shape index (κ1) is 27.7. The van der Waals surface area contributed by atoms with E-state index in [4.69, 9.17) is 28.9 Å². The van der Waals surface area contributed by atoms with Crippen molar-refractivity contribution >= 4 is 47.0 Å². The SMILES string of the molecule is CC1Oc2cc3c(cc2OCCCOc2cc4c(cc2O1)C(=O)N1c2ccccc2C[C@H]1C=N4)N=C[C@@H]1Cc2ccccc2N1C3=O. The smallest absolute Gasteiger partial charge is 0.261 e. The van der Waals surface area contributed by atoms with Gasteiger partial charge in [0.1, 0.15) is 0 Å². The summed E-state index contributed by atoms with van der Waals surface area (Å²) in [5, 5.41) is 0. The molecule has 47 heavy (non-hydrogen) atoms. The maximum absolute atomic E-state index is 14.0. The summed E-state index contributed by atoms with van der Waals surface area (Å²) in [4.78, 5) is 41.0. The molecule has 0 bridgehead atoms. The first-order valence-electron chi connectivity index (χ1n) is 15.9. The molecule has 0 N–H and O–H groups in total. The van der Waals surface area contributed by atoms with Crippen LogP contribution in [-0.2, 0) is 12.8 Å². The molecule has 0 saturated carbocycles. The second kappa shape index (κ2) is 10.7. The summed E-state index contributed by atoms with van der Waals surface area (Å²) in [5.74, 6) is 1.33. The van der Waals surface area contributed by atoms with E-state index in [0.717, 1.165) is 22.5 Å². The fourth-order valence-electron chi connectivity index (χ4n) is 7.05. The Morgan fingerprint density at radius 2 is 1.11 bits per heavy atom. The number of carbonyl (C=O) groups is 2. The summed E-state index contributed by atoms with van der Waals surface area (Å²) >= 11 is 0. The number of carbonyl (C=O) groups excluding carboxylic acids is 2. The average Bonchev–Trinajstić information content (AvgIpc) is 3.56. The Morgan fingerprint density at radius 3 is 1.60 bits per heavy atom. The van der Waals surface area contributed by atoms with E-state index in [2.05, 4.69) is 0 Å². The number of ether oxygens (including phenoxy) is 4. The van der Waals surface area contributed by atoms with Gasteiger partial charge in [0.2, 0.25) is 6.29 Å². The Hall–Kier alpha value is -5.64. The first-order valence-corrected chi connectivity index (χ1v) is 15.9.